The van der Waals surface area contributed by atoms with Crippen LogP contribution in [0.2, 0.25) is 5.02 Å². The van der Waals surface area contributed by atoms with Crippen molar-refractivity contribution in [3.8, 4) is 0 Å². The van der Waals surface area contributed by atoms with E-state index in [-0.39, 0.29) is 11.7 Å². The van der Waals surface area contributed by atoms with Crippen LogP contribution in [0, 0.1) is 5.82 Å². The minimum atomic E-state index is -0.233. The van der Waals surface area contributed by atoms with Crippen molar-refractivity contribution in [2.24, 2.45) is 0 Å². The number of halogens is 3. The van der Waals surface area contributed by atoms with Crippen molar-refractivity contribution in [1.29, 1.82) is 0 Å². The fraction of sp³-hybridized carbons (Fsp3) is 0.250. The highest BCUT2D eigenvalue weighted by Gasteiger charge is 2.16. The van der Waals surface area contributed by atoms with Gasteiger partial charge in [-0.15, -0.1) is 0 Å². The van der Waals surface area contributed by atoms with Gasteiger partial charge >= 0.3 is 0 Å². The highest BCUT2D eigenvalue weighted by atomic mass is 79.9. The van der Waals surface area contributed by atoms with Gasteiger partial charge in [-0.3, -0.25) is 0 Å². The molecule has 4 heteroatoms. The predicted molar refractivity (Wildman–Crippen MR) is 85.9 cm³/mol. The molecule has 106 valence electrons. The van der Waals surface area contributed by atoms with Crippen molar-refractivity contribution in [3.05, 3.63) is 68.9 Å². The maximum absolute atomic E-state index is 13.2. The van der Waals surface area contributed by atoms with Crippen molar-refractivity contribution in [2.45, 2.75) is 12.3 Å². The lowest BCUT2D eigenvalue weighted by Crippen LogP contribution is -2.19. The lowest BCUT2D eigenvalue weighted by molar-refractivity contribution is 0.614. The summed E-state index contributed by atoms with van der Waals surface area (Å²) >= 11 is 9.71. The van der Waals surface area contributed by atoms with E-state index in [0.717, 1.165) is 33.6 Å². The fourth-order valence-electron chi connectivity index (χ4n) is 2.30. The van der Waals surface area contributed by atoms with Crippen molar-refractivity contribution >= 4 is 27.5 Å². The van der Waals surface area contributed by atoms with E-state index in [1.165, 1.54) is 12.1 Å². The van der Waals surface area contributed by atoms with Gasteiger partial charge in [0.2, 0.25) is 0 Å². The van der Waals surface area contributed by atoms with Gasteiger partial charge in [-0.25, -0.2) is 4.39 Å². The average molecular weight is 357 g/mol. The summed E-state index contributed by atoms with van der Waals surface area (Å²) in [6.45, 7) is 0.813. The van der Waals surface area contributed by atoms with E-state index >= 15 is 0 Å². The summed E-state index contributed by atoms with van der Waals surface area (Å²) in [7, 11) is 1.92. The minimum absolute atomic E-state index is 0.233. The van der Waals surface area contributed by atoms with Gasteiger partial charge in [-0.1, -0.05) is 51.8 Å². The zero-order valence-corrected chi connectivity index (χ0v) is 13.5. The molecule has 0 aliphatic carbocycles. The van der Waals surface area contributed by atoms with Crippen LogP contribution in [0.3, 0.4) is 0 Å². The lowest BCUT2D eigenvalue weighted by Gasteiger charge is -2.19. The second kappa shape index (κ2) is 7.21. The molecule has 1 N–H and O–H groups in total. The Bertz CT molecular complexity index is 588. The van der Waals surface area contributed by atoms with Gasteiger partial charge in [0.1, 0.15) is 5.82 Å². The SMILES string of the molecule is CNCC(Cc1ccc(F)cc1Br)c1ccccc1Cl. The van der Waals surface area contributed by atoms with E-state index < -0.39 is 0 Å². The van der Waals surface area contributed by atoms with E-state index in [0.29, 0.717) is 0 Å². The Morgan fingerprint density at radius 1 is 1.25 bits per heavy atom. The van der Waals surface area contributed by atoms with Crippen LogP contribution in [0.4, 0.5) is 4.39 Å². The summed E-state index contributed by atoms with van der Waals surface area (Å²) in [6.07, 6.45) is 0.797. The van der Waals surface area contributed by atoms with E-state index in [1.54, 1.807) is 0 Å². The molecule has 1 unspecified atom stereocenters. The molecule has 0 amide bonds. The Kier molecular flexibility index (Phi) is 5.58. The van der Waals surface area contributed by atoms with Crippen molar-refractivity contribution in [2.75, 3.05) is 13.6 Å². The molecular formula is C16H16BrClFN. The smallest absolute Gasteiger partial charge is 0.124 e. The fourth-order valence-corrected chi connectivity index (χ4v) is 3.10. The Morgan fingerprint density at radius 2 is 2.00 bits per heavy atom. The van der Waals surface area contributed by atoms with Crippen LogP contribution in [-0.4, -0.2) is 13.6 Å². The van der Waals surface area contributed by atoms with Gasteiger partial charge in [-0.2, -0.15) is 0 Å². The zero-order valence-electron chi connectivity index (χ0n) is 11.2. The second-order valence-corrected chi connectivity index (χ2v) is 5.98. The van der Waals surface area contributed by atoms with E-state index in [2.05, 4.69) is 21.2 Å². The number of benzene rings is 2. The second-order valence-electron chi connectivity index (χ2n) is 4.72. The highest BCUT2D eigenvalue weighted by molar-refractivity contribution is 9.10. The van der Waals surface area contributed by atoms with Crippen LogP contribution in [-0.2, 0) is 6.42 Å². The Balaban J connectivity index is 2.28. The third-order valence-corrected chi connectivity index (χ3v) is 4.36. The maximum Gasteiger partial charge on any atom is 0.124 e. The molecule has 0 fully saturated rings. The van der Waals surface area contributed by atoms with E-state index in [1.807, 2.05) is 37.4 Å². The summed E-state index contributed by atoms with van der Waals surface area (Å²) in [6, 6.07) is 12.7. The molecular weight excluding hydrogens is 341 g/mol. The first-order chi connectivity index (χ1) is 9.61. The molecule has 0 saturated carbocycles. The first-order valence-corrected chi connectivity index (χ1v) is 7.62. The van der Waals surface area contributed by atoms with E-state index in [4.69, 9.17) is 11.6 Å². The summed E-state index contributed by atoms with van der Waals surface area (Å²) in [4.78, 5) is 0. The third-order valence-electron chi connectivity index (χ3n) is 3.28. The molecule has 1 atom stereocenters. The monoisotopic (exact) mass is 355 g/mol. The van der Waals surface area contributed by atoms with E-state index in [9.17, 15) is 4.39 Å². The number of nitrogens with one attached hydrogen (secondary N) is 1. The standard InChI is InChI=1S/C16H16BrClFN/c1-20-10-12(14-4-2-3-5-16(14)18)8-11-6-7-13(19)9-15(11)17/h2-7,9,12,20H,8,10H2,1H3. The summed E-state index contributed by atoms with van der Waals surface area (Å²) in [5, 5.41) is 3.97. The third kappa shape index (κ3) is 3.81. The molecule has 0 saturated heterocycles. The van der Waals surface area contributed by atoms with Gasteiger partial charge in [-0.05, 0) is 42.8 Å². The van der Waals surface area contributed by atoms with Crippen LogP contribution < -0.4 is 5.32 Å². The first kappa shape index (κ1) is 15.5. The average Bonchev–Trinajstić information content (AvgIpc) is 2.42. The molecule has 0 spiro atoms. The molecule has 1 nitrogen and oxygen atoms in total. The van der Waals surface area contributed by atoms with Crippen LogP contribution in [0.25, 0.3) is 0 Å². The Labute approximate surface area is 132 Å². The van der Waals surface area contributed by atoms with Crippen LogP contribution >= 0.6 is 27.5 Å². The predicted octanol–water partition coefficient (Wildman–Crippen LogP) is 4.79. The summed E-state index contributed by atoms with van der Waals surface area (Å²) in [5.41, 5.74) is 2.19. The minimum Gasteiger partial charge on any atom is -0.319 e. The molecule has 20 heavy (non-hydrogen) atoms. The van der Waals surface area contributed by atoms with Gasteiger partial charge in [0.05, 0.1) is 0 Å². The molecule has 2 aromatic carbocycles. The molecule has 0 aliphatic heterocycles. The van der Waals surface area contributed by atoms with Crippen LogP contribution in [0.15, 0.2) is 46.9 Å². The number of hydrogen-bond acceptors (Lipinski definition) is 1. The number of hydrogen-bond donors (Lipinski definition) is 1. The normalized spacial score (nSPS) is 12.4. The molecule has 0 heterocycles. The van der Waals surface area contributed by atoms with Crippen molar-refractivity contribution in [3.63, 3.8) is 0 Å². The zero-order chi connectivity index (χ0) is 14.5. The lowest BCUT2D eigenvalue weighted by atomic mass is 9.92. The molecule has 0 aliphatic rings. The van der Waals surface area contributed by atoms with Crippen LogP contribution in [0.1, 0.15) is 17.0 Å². The number of rotatable bonds is 5. The quantitative estimate of drug-likeness (QED) is 0.812. The van der Waals surface area contributed by atoms with Gasteiger partial charge in [0.25, 0.3) is 0 Å². The summed E-state index contributed by atoms with van der Waals surface area (Å²) < 4.78 is 14.0. The largest absolute Gasteiger partial charge is 0.319 e. The van der Waals surface area contributed by atoms with Gasteiger partial charge < -0.3 is 5.32 Å². The molecule has 2 rings (SSSR count). The summed E-state index contributed by atoms with van der Waals surface area (Å²) in [5.74, 6) is 0.0130. The van der Waals surface area contributed by atoms with Crippen molar-refractivity contribution < 1.29 is 4.39 Å². The molecule has 0 bridgehead atoms. The van der Waals surface area contributed by atoms with Gasteiger partial charge in [0.15, 0.2) is 0 Å². The van der Waals surface area contributed by atoms with Crippen molar-refractivity contribution in [1.82, 2.24) is 5.32 Å². The van der Waals surface area contributed by atoms with Crippen LogP contribution in [0.5, 0.6) is 0 Å². The molecule has 2 aromatic rings. The molecule has 0 aromatic heterocycles. The molecule has 0 radical (unpaired) electrons. The first-order valence-electron chi connectivity index (χ1n) is 6.44. The Morgan fingerprint density at radius 3 is 2.65 bits per heavy atom. The topological polar surface area (TPSA) is 12.0 Å². The maximum atomic E-state index is 13.2. The van der Waals surface area contributed by atoms with Gasteiger partial charge in [0, 0.05) is 22.0 Å². The Hall–Kier alpha value is -0.900. The number of likely N-dealkylation sites (N-methyl/N-ethyl adjacent to an activating group) is 1. The highest BCUT2D eigenvalue weighted by Crippen LogP contribution is 2.29.